The van der Waals surface area contributed by atoms with Crippen molar-refractivity contribution in [3.05, 3.63) is 71.2 Å². The molecule has 1 unspecified atom stereocenters. The number of rotatable bonds is 6. The summed E-state index contributed by atoms with van der Waals surface area (Å²) in [7, 11) is 0. The Hall–Kier alpha value is -2.84. The van der Waals surface area contributed by atoms with Gasteiger partial charge in [0.15, 0.2) is 5.13 Å². The largest absolute Gasteiger partial charge is 0.396 e. The van der Waals surface area contributed by atoms with Crippen LogP contribution >= 0.6 is 11.3 Å². The lowest BCUT2D eigenvalue weighted by Gasteiger charge is -2.31. The zero-order chi connectivity index (χ0) is 20.9. The number of piperidine rings is 1. The molecule has 0 aliphatic carbocycles. The van der Waals surface area contributed by atoms with Gasteiger partial charge in [0.25, 0.3) is 5.91 Å². The number of anilines is 2. The molecular weight excluding hydrogens is 403 g/mol. The van der Waals surface area contributed by atoms with Gasteiger partial charge in [-0.05, 0) is 55.2 Å². The zero-order valence-corrected chi connectivity index (χ0v) is 17.3. The van der Waals surface area contributed by atoms with Gasteiger partial charge < -0.3 is 14.9 Å². The van der Waals surface area contributed by atoms with E-state index in [1.165, 1.54) is 29.7 Å². The molecular formula is C22H23FN4O2S. The number of amides is 1. The summed E-state index contributed by atoms with van der Waals surface area (Å²) in [6, 6.07) is 9.29. The number of nitrogens with zero attached hydrogens (tertiary/aromatic N) is 4. The lowest BCUT2D eigenvalue weighted by atomic mass is 10.00. The Balaban J connectivity index is 1.57. The topological polar surface area (TPSA) is 69.6 Å². The van der Waals surface area contributed by atoms with Crippen LogP contribution < -0.4 is 9.80 Å². The second kappa shape index (κ2) is 9.32. The molecule has 1 aliphatic heterocycles. The van der Waals surface area contributed by atoms with Gasteiger partial charge in [-0.1, -0.05) is 0 Å². The van der Waals surface area contributed by atoms with Crippen molar-refractivity contribution in [2.24, 2.45) is 5.92 Å². The van der Waals surface area contributed by atoms with Crippen LogP contribution in [0.1, 0.15) is 28.9 Å². The van der Waals surface area contributed by atoms with Gasteiger partial charge in [-0.2, -0.15) is 0 Å². The van der Waals surface area contributed by atoms with Crippen LogP contribution in [0.5, 0.6) is 0 Å². The number of pyridine rings is 1. The predicted molar refractivity (Wildman–Crippen MR) is 115 cm³/mol. The van der Waals surface area contributed by atoms with Crippen molar-refractivity contribution in [2.45, 2.75) is 19.4 Å². The van der Waals surface area contributed by atoms with Crippen molar-refractivity contribution in [1.82, 2.24) is 9.97 Å². The molecule has 1 amide bonds. The fraction of sp³-hybridized carbons (Fsp3) is 0.318. The van der Waals surface area contributed by atoms with Gasteiger partial charge >= 0.3 is 0 Å². The van der Waals surface area contributed by atoms with E-state index >= 15 is 0 Å². The Morgan fingerprint density at radius 2 is 2.13 bits per heavy atom. The van der Waals surface area contributed by atoms with Crippen molar-refractivity contribution in [2.75, 3.05) is 29.5 Å². The van der Waals surface area contributed by atoms with Gasteiger partial charge in [-0.25, -0.2) is 9.37 Å². The SMILES string of the molecule is O=C(c1cccnc1)N(Cc1csc(N2CCCC(CO)C2)n1)c1ccc(F)cc1. The average molecular weight is 427 g/mol. The number of aliphatic hydroxyl groups is 1. The molecule has 0 bridgehead atoms. The van der Waals surface area contributed by atoms with Crippen LogP contribution in [-0.4, -0.2) is 40.7 Å². The molecule has 1 N–H and O–H groups in total. The second-order valence-corrected chi connectivity index (χ2v) is 8.20. The molecule has 8 heteroatoms. The number of aliphatic hydroxyl groups excluding tert-OH is 1. The molecule has 3 heterocycles. The van der Waals surface area contributed by atoms with Crippen LogP contribution in [-0.2, 0) is 6.54 Å². The van der Waals surface area contributed by atoms with E-state index in [-0.39, 0.29) is 30.8 Å². The van der Waals surface area contributed by atoms with E-state index in [1.807, 2.05) is 5.38 Å². The maximum atomic E-state index is 13.4. The van der Waals surface area contributed by atoms with Gasteiger partial charge in [0.2, 0.25) is 0 Å². The molecule has 1 saturated heterocycles. The molecule has 2 aromatic heterocycles. The Morgan fingerprint density at radius 3 is 2.87 bits per heavy atom. The molecule has 0 spiro atoms. The third-order valence-corrected chi connectivity index (χ3v) is 6.15. The molecule has 4 rings (SSSR count). The standard InChI is InChI=1S/C22H23FN4O2S/c23-18-5-7-20(8-6-18)27(21(29)17-4-1-9-24-11-17)13-19-15-30-22(25-19)26-10-2-3-16(12-26)14-28/h1,4-9,11,15-16,28H,2-3,10,12-14H2. The number of thiazole rings is 1. The highest BCUT2D eigenvalue weighted by Gasteiger charge is 2.23. The number of benzene rings is 1. The summed E-state index contributed by atoms with van der Waals surface area (Å²) in [6.45, 7) is 2.17. The lowest BCUT2D eigenvalue weighted by molar-refractivity contribution is 0.0984. The summed E-state index contributed by atoms with van der Waals surface area (Å²) in [5, 5.41) is 12.3. The highest BCUT2D eigenvalue weighted by atomic mass is 32.1. The van der Waals surface area contributed by atoms with Crippen LogP contribution in [0, 0.1) is 11.7 Å². The molecule has 1 atom stereocenters. The van der Waals surface area contributed by atoms with Crippen molar-refractivity contribution < 1.29 is 14.3 Å². The normalized spacial score (nSPS) is 16.5. The summed E-state index contributed by atoms with van der Waals surface area (Å²) in [5.74, 6) is -0.302. The Kier molecular flexibility index (Phi) is 6.35. The first-order valence-corrected chi connectivity index (χ1v) is 10.8. The number of aromatic nitrogens is 2. The Morgan fingerprint density at radius 1 is 1.30 bits per heavy atom. The van der Waals surface area contributed by atoms with Gasteiger partial charge in [-0.15, -0.1) is 11.3 Å². The quantitative estimate of drug-likeness (QED) is 0.650. The second-order valence-electron chi connectivity index (χ2n) is 7.37. The summed E-state index contributed by atoms with van der Waals surface area (Å²) in [5.41, 5.74) is 1.82. The monoisotopic (exact) mass is 426 g/mol. The van der Waals surface area contributed by atoms with Crippen LogP contribution in [0.25, 0.3) is 0 Å². The smallest absolute Gasteiger partial charge is 0.260 e. The lowest BCUT2D eigenvalue weighted by Crippen LogP contribution is -2.36. The van der Waals surface area contributed by atoms with E-state index in [4.69, 9.17) is 4.98 Å². The number of halogens is 1. The maximum Gasteiger partial charge on any atom is 0.260 e. The minimum absolute atomic E-state index is 0.187. The van der Waals surface area contributed by atoms with Crippen molar-refractivity contribution in [3.8, 4) is 0 Å². The first kappa shape index (κ1) is 20.4. The minimum Gasteiger partial charge on any atom is -0.396 e. The molecule has 1 aromatic carbocycles. The van der Waals surface area contributed by atoms with Crippen LogP contribution in [0.15, 0.2) is 54.2 Å². The zero-order valence-electron chi connectivity index (χ0n) is 16.4. The molecule has 3 aromatic rings. The highest BCUT2D eigenvalue weighted by Crippen LogP contribution is 2.28. The van der Waals surface area contributed by atoms with E-state index in [0.717, 1.165) is 36.8 Å². The van der Waals surface area contributed by atoms with Crippen LogP contribution in [0.3, 0.4) is 0 Å². The molecule has 1 aliphatic rings. The number of carbonyl (C=O) groups excluding carboxylic acids is 1. The Bertz CT molecular complexity index is 980. The van der Waals surface area contributed by atoms with Crippen LogP contribution in [0.4, 0.5) is 15.2 Å². The van der Waals surface area contributed by atoms with Gasteiger partial charge in [0, 0.05) is 43.2 Å². The first-order valence-electron chi connectivity index (χ1n) is 9.91. The highest BCUT2D eigenvalue weighted by molar-refractivity contribution is 7.13. The molecule has 156 valence electrons. The number of carbonyl (C=O) groups is 1. The summed E-state index contributed by atoms with van der Waals surface area (Å²) in [4.78, 5) is 25.7. The minimum atomic E-state index is -0.355. The van der Waals surface area contributed by atoms with Crippen molar-refractivity contribution >= 4 is 28.1 Å². The molecule has 0 saturated carbocycles. The van der Waals surface area contributed by atoms with Gasteiger partial charge in [-0.3, -0.25) is 9.78 Å². The van der Waals surface area contributed by atoms with Gasteiger partial charge in [0.05, 0.1) is 17.8 Å². The predicted octanol–water partition coefficient (Wildman–Crippen LogP) is 3.73. The first-order chi connectivity index (χ1) is 14.6. The van der Waals surface area contributed by atoms with Gasteiger partial charge in [0.1, 0.15) is 5.82 Å². The molecule has 6 nitrogen and oxygen atoms in total. The maximum absolute atomic E-state index is 13.4. The van der Waals surface area contributed by atoms with Crippen molar-refractivity contribution in [3.63, 3.8) is 0 Å². The van der Waals surface area contributed by atoms with E-state index in [0.29, 0.717) is 11.3 Å². The number of hydrogen-bond donors (Lipinski definition) is 1. The summed E-state index contributed by atoms with van der Waals surface area (Å²) >= 11 is 1.54. The van der Waals surface area contributed by atoms with Crippen LogP contribution in [0.2, 0.25) is 0 Å². The molecule has 30 heavy (non-hydrogen) atoms. The Labute approximate surface area is 178 Å². The van der Waals surface area contributed by atoms with E-state index in [2.05, 4.69) is 9.88 Å². The molecule has 0 radical (unpaired) electrons. The van der Waals surface area contributed by atoms with E-state index in [1.54, 1.807) is 35.4 Å². The fourth-order valence-electron chi connectivity index (χ4n) is 3.61. The molecule has 1 fully saturated rings. The third kappa shape index (κ3) is 4.66. The average Bonchev–Trinajstić information content (AvgIpc) is 3.27. The summed E-state index contributed by atoms with van der Waals surface area (Å²) in [6.07, 6.45) is 5.20. The van der Waals surface area contributed by atoms with E-state index < -0.39 is 0 Å². The van der Waals surface area contributed by atoms with E-state index in [9.17, 15) is 14.3 Å². The summed E-state index contributed by atoms with van der Waals surface area (Å²) < 4.78 is 13.4. The fourth-order valence-corrected chi connectivity index (χ4v) is 4.46. The number of hydrogen-bond acceptors (Lipinski definition) is 6. The third-order valence-electron chi connectivity index (χ3n) is 5.20. The van der Waals surface area contributed by atoms with Crippen molar-refractivity contribution in [1.29, 1.82) is 0 Å².